The summed E-state index contributed by atoms with van der Waals surface area (Å²) in [6.45, 7) is 16.4. The Balaban J connectivity index is 0. The van der Waals surface area contributed by atoms with Crippen molar-refractivity contribution >= 4 is 11.4 Å². The molecule has 0 aliphatic rings. The maximum atomic E-state index is 4.82. The van der Waals surface area contributed by atoms with Crippen molar-refractivity contribution in [1.29, 1.82) is 0 Å². The van der Waals surface area contributed by atoms with Crippen LogP contribution >= 0.6 is 0 Å². The molecular weight excluding hydrogens is 434 g/mol. The van der Waals surface area contributed by atoms with Crippen molar-refractivity contribution in [3.05, 3.63) is 83.1 Å². The number of aryl methyl sites for hydroxylation is 6. The van der Waals surface area contributed by atoms with Crippen LogP contribution < -0.4 is 0 Å². The van der Waals surface area contributed by atoms with Gasteiger partial charge in [-0.1, -0.05) is 57.6 Å². The van der Waals surface area contributed by atoms with E-state index in [2.05, 4.69) is 77.8 Å². The van der Waals surface area contributed by atoms with Crippen LogP contribution in [-0.4, -0.2) is 38.1 Å². The monoisotopic (exact) mass is 471 g/mol. The Morgan fingerprint density at radius 3 is 1.17 bits per heavy atom. The minimum absolute atomic E-state index is 0. The Kier molecular flexibility index (Phi) is 14.5. The summed E-state index contributed by atoms with van der Waals surface area (Å²) in [5.74, 6) is 0. The van der Waals surface area contributed by atoms with Gasteiger partial charge in [-0.3, -0.25) is 0 Å². The maximum absolute atomic E-state index is 4.82. The molecule has 0 heterocycles. The van der Waals surface area contributed by atoms with Crippen LogP contribution in [0, 0.1) is 56.4 Å². The van der Waals surface area contributed by atoms with Gasteiger partial charge in [-0.2, -0.15) is 0 Å². The summed E-state index contributed by atoms with van der Waals surface area (Å²) in [7, 11) is 2.15. The molecule has 2 aromatic rings. The summed E-state index contributed by atoms with van der Waals surface area (Å²) < 4.78 is 0. The van der Waals surface area contributed by atoms with Crippen molar-refractivity contribution in [2.24, 2.45) is 0 Å². The summed E-state index contributed by atoms with van der Waals surface area (Å²) in [6.07, 6.45) is 0. The zero-order valence-corrected chi connectivity index (χ0v) is 22.4. The second-order valence-electron chi connectivity index (χ2n) is 7.56. The molecule has 0 saturated heterocycles. The van der Waals surface area contributed by atoms with Crippen LogP contribution in [0.4, 0.5) is 11.4 Å². The normalized spacial score (nSPS) is 9.93. The standard InChI is InChI=1S/C23H33N3.2CH3.Zr/c1-16-12-18(3)22(19(4)13-16)24-8-10-26(7)11-9-25-23-20(5)14-17(2)15-21(23)6;;;/h12-15H,8-11H2,1-7H3;2*1H3;/q-2;2*-1;. The van der Waals surface area contributed by atoms with Gasteiger partial charge >= 0.3 is 0 Å². The van der Waals surface area contributed by atoms with E-state index >= 15 is 0 Å². The molecule has 2 rings (SSSR count). The smallest absolute Gasteiger partial charge is 0 e. The zero-order valence-electron chi connectivity index (χ0n) is 20.0. The van der Waals surface area contributed by atoms with E-state index in [0.717, 1.165) is 37.6 Å². The molecule has 2 aromatic carbocycles. The van der Waals surface area contributed by atoms with Gasteiger partial charge in [-0.25, -0.2) is 0 Å². The quantitative estimate of drug-likeness (QED) is 0.378. The Bertz CT molecular complexity index is 646. The molecule has 0 fully saturated rings. The van der Waals surface area contributed by atoms with Crippen molar-refractivity contribution in [2.45, 2.75) is 41.5 Å². The van der Waals surface area contributed by atoms with E-state index in [1.807, 2.05) is 0 Å². The van der Waals surface area contributed by atoms with Gasteiger partial charge in [0.2, 0.25) is 0 Å². The third kappa shape index (κ3) is 9.05. The van der Waals surface area contributed by atoms with Gasteiger partial charge in [0.1, 0.15) is 0 Å². The van der Waals surface area contributed by atoms with Crippen molar-refractivity contribution < 1.29 is 26.2 Å². The molecule has 0 unspecified atom stereocenters. The number of benzene rings is 2. The van der Waals surface area contributed by atoms with E-state index in [-0.39, 0.29) is 41.1 Å². The van der Waals surface area contributed by atoms with E-state index in [0.29, 0.717) is 0 Å². The first-order valence-electron chi connectivity index (χ1n) is 9.47. The van der Waals surface area contributed by atoms with Crippen LogP contribution in [0.15, 0.2) is 24.3 Å². The van der Waals surface area contributed by atoms with Gasteiger partial charge in [0, 0.05) is 26.2 Å². The van der Waals surface area contributed by atoms with Crippen LogP contribution in [0.5, 0.6) is 0 Å². The Labute approximate surface area is 199 Å². The van der Waals surface area contributed by atoms with E-state index in [4.69, 9.17) is 10.6 Å². The molecule has 0 radical (unpaired) electrons. The SMILES string of the molecule is Cc1cc(C)c([N-]CCN(C)CC[N-]c2c(C)cc(C)cc2C)c(C)c1.[CH3-].[CH3-].[Zr]. The molecule has 4 heteroatoms. The molecule has 29 heavy (non-hydrogen) atoms. The molecular formula is C25H39N3Zr-4. The second kappa shape index (κ2) is 14.0. The van der Waals surface area contributed by atoms with Crippen LogP contribution in [-0.2, 0) is 26.2 Å². The molecule has 0 aliphatic carbocycles. The summed E-state index contributed by atoms with van der Waals surface area (Å²) >= 11 is 0. The van der Waals surface area contributed by atoms with Gasteiger partial charge in [0.05, 0.1) is 0 Å². The maximum Gasteiger partial charge on any atom is 0 e. The Morgan fingerprint density at radius 1 is 0.621 bits per heavy atom. The zero-order chi connectivity index (χ0) is 19.3. The van der Waals surface area contributed by atoms with E-state index in [1.165, 1.54) is 33.4 Å². The summed E-state index contributed by atoms with van der Waals surface area (Å²) in [5, 5.41) is 9.64. The fraction of sp³-hybridized carbons (Fsp3) is 0.440. The van der Waals surface area contributed by atoms with Crippen LogP contribution in [0.3, 0.4) is 0 Å². The Hall–Kier alpha value is -1.12. The van der Waals surface area contributed by atoms with Gasteiger partial charge < -0.3 is 30.4 Å². The minimum Gasteiger partial charge on any atom is -0.683 e. The number of hydrogen-bond donors (Lipinski definition) is 0. The van der Waals surface area contributed by atoms with E-state index in [9.17, 15) is 0 Å². The molecule has 0 amide bonds. The average molecular weight is 473 g/mol. The van der Waals surface area contributed by atoms with Crippen molar-refractivity contribution in [2.75, 3.05) is 33.2 Å². The van der Waals surface area contributed by atoms with Crippen molar-refractivity contribution in [3.63, 3.8) is 0 Å². The topological polar surface area (TPSA) is 31.4 Å². The fourth-order valence-corrected chi connectivity index (χ4v) is 3.62. The van der Waals surface area contributed by atoms with Crippen LogP contribution in [0.1, 0.15) is 33.4 Å². The summed E-state index contributed by atoms with van der Waals surface area (Å²) in [5.41, 5.74) is 9.99. The average Bonchev–Trinajstić information content (AvgIpc) is 2.52. The second-order valence-corrected chi connectivity index (χ2v) is 7.56. The number of nitrogens with zero attached hydrogens (tertiary/aromatic N) is 3. The summed E-state index contributed by atoms with van der Waals surface area (Å²) in [6, 6.07) is 8.84. The molecule has 0 aromatic heterocycles. The van der Waals surface area contributed by atoms with Crippen molar-refractivity contribution in [3.8, 4) is 0 Å². The Morgan fingerprint density at radius 2 is 0.897 bits per heavy atom. The van der Waals surface area contributed by atoms with Gasteiger partial charge in [-0.15, -0.1) is 24.5 Å². The molecule has 3 nitrogen and oxygen atoms in total. The molecule has 0 saturated carbocycles. The minimum atomic E-state index is 0. The van der Waals surface area contributed by atoms with E-state index in [1.54, 1.807) is 0 Å². The number of likely N-dealkylation sites (N-methyl/N-ethyl adjacent to an activating group) is 1. The molecule has 0 bridgehead atoms. The third-order valence-corrected chi connectivity index (χ3v) is 4.77. The van der Waals surface area contributed by atoms with Crippen LogP contribution in [0.25, 0.3) is 10.6 Å². The predicted molar refractivity (Wildman–Crippen MR) is 127 cm³/mol. The molecule has 162 valence electrons. The van der Waals surface area contributed by atoms with E-state index < -0.39 is 0 Å². The largest absolute Gasteiger partial charge is 0.683 e. The molecule has 0 aliphatic heterocycles. The fourth-order valence-electron chi connectivity index (χ4n) is 3.62. The first-order chi connectivity index (χ1) is 12.3. The van der Waals surface area contributed by atoms with Crippen molar-refractivity contribution in [1.82, 2.24) is 4.90 Å². The van der Waals surface area contributed by atoms with Gasteiger partial charge in [-0.05, 0) is 61.7 Å². The number of hydrogen-bond acceptors (Lipinski definition) is 1. The summed E-state index contributed by atoms with van der Waals surface area (Å²) in [4.78, 5) is 2.31. The molecule has 0 spiro atoms. The third-order valence-electron chi connectivity index (χ3n) is 4.77. The van der Waals surface area contributed by atoms with Crippen LogP contribution in [0.2, 0.25) is 0 Å². The molecule has 0 N–H and O–H groups in total. The first-order valence-corrected chi connectivity index (χ1v) is 9.47. The predicted octanol–water partition coefficient (Wildman–Crippen LogP) is 7.08. The number of rotatable bonds is 8. The van der Waals surface area contributed by atoms with Gasteiger partial charge in [0.25, 0.3) is 0 Å². The first kappa shape index (κ1) is 30.1. The van der Waals surface area contributed by atoms with Gasteiger partial charge in [0.15, 0.2) is 0 Å². The molecule has 0 atom stereocenters.